The van der Waals surface area contributed by atoms with Gasteiger partial charge in [-0.2, -0.15) is 5.26 Å². The largest absolute Gasteiger partial charge is 0.396 e. The fourth-order valence-corrected chi connectivity index (χ4v) is 2.22. The fourth-order valence-electron chi connectivity index (χ4n) is 2.22. The Labute approximate surface area is 100 Å². The predicted octanol–water partition coefficient (Wildman–Crippen LogP) is 1.51. The molecule has 3 nitrogen and oxygen atoms in total. The number of rotatable bonds is 3. The number of halogens is 1. The maximum absolute atomic E-state index is 13.1. The quantitative estimate of drug-likeness (QED) is 0.862. The summed E-state index contributed by atoms with van der Waals surface area (Å²) < 4.78 is 13.1. The standard InChI is InChI=1S/C13H15FN2O/c14-13-2-1-10(5-12(13)6-15)7-16-4-3-11(8-16)9-17/h1-2,5,11,17H,3-4,7-9H2. The summed E-state index contributed by atoms with van der Waals surface area (Å²) in [5, 5.41) is 17.8. The van der Waals surface area contributed by atoms with Crippen LogP contribution in [0.4, 0.5) is 4.39 Å². The first-order valence-corrected chi connectivity index (χ1v) is 5.74. The van der Waals surface area contributed by atoms with Crippen LogP contribution >= 0.6 is 0 Å². The van der Waals surface area contributed by atoms with Crippen LogP contribution in [0.2, 0.25) is 0 Å². The highest BCUT2D eigenvalue weighted by atomic mass is 19.1. The molecule has 0 radical (unpaired) electrons. The molecule has 0 spiro atoms. The molecule has 1 unspecified atom stereocenters. The van der Waals surface area contributed by atoms with E-state index in [0.29, 0.717) is 12.5 Å². The number of hydrogen-bond acceptors (Lipinski definition) is 3. The van der Waals surface area contributed by atoms with E-state index in [0.717, 1.165) is 25.1 Å². The molecule has 0 bridgehead atoms. The van der Waals surface area contributed by atoms with Crippen LogP contribution in [0, 0.1) is 23.1 Å². The third-order valence-corrected chi connectivity index (χ3v) is 3.19. The first kappa shape index (κ1) is 12.0. The van der Waals surface area contributed by atoms with Gasteiger partial charge in [0.05, 0.1) is 5.56 Å². The molecule has 1 aliphatic rings. The van der Waals surface area contributed by atoms with Crippen molar-refractivity contribution < 1.29 is 9.50 Å². The molecule has 0 aliphatic carbocycles. The Kier molecular flexibility index (Phi) is 3.72. The van der Waals surface area contributed by atoms with Gasteiger partial charge >= 0.3 is 0 Å². The lowest BCUT2D eigenvalue weighted by Crippen LogP contribution is -2.21. The Morgan fingerprint density at radius 3 is 3.00 bits per heavy atom. The highest BCUT2D eigenvalue weighted by Crippen LogP contribution is 2.19. The number of nitrogens with zero attached hydrogens (tertiary/aromatic N) is 2. The Bertz CT molecular complexity index is 442. The summed E-state index contributed by atoms with van der Waals surface area (Å²) >= 11 is 0. The highest BCUT2D eigenvalue weighted by molar-refractivity contribution is 5.34. The number of aliphatic hydroxyl groups excluding tert-OH is 1. The van der Waals surface area contributed by atoms with Gasteiger partial charge in [0.25, 0.3) is 0 Å². The lowest BCUT2D eigenvalue weighted by molar-refractivity contribution is 0.220. The van der Waals surface area contributed by atoms with Crippen molar-refractivity contribution in [2.24, 2.45) is 5.92 Å². The topological polar surface area (TPSA) is 47.3 Å². The van der Waals surface area contributed by atoms with Crippen LogP contribution in [0.25, 0.3) is 0 Å². The second-order valence-corrected chi connectivity index (χ2v) is 4.50. The van der Waals surface area contributed by atoms with Crippen LogP contribution in [-0.4, -0.2) is 29.7 Å². The average molecular weight is 234 g/mol. The van der Waals surface area contributed by atoms with Gasteiger partial charge in [-0.05, 0) is 36.6 Å². The maximum Gasteiger partial charge on any atom is 0.140 e. The first-order valence-electron chi connectivity index (χ1n) is 5.74. The minimum Gasteiger partial charge on any atom is -0.396 e. The minimum absolute atomic E-state index is 0.0976. The molecule has 0 saturated carbocycles. The maximum atomic E-state index is 13.1. The third kappa shape index (κ3) is 2.82. The first-order chi connectivity index (χ1) is 8.22. The van der Waals surface area contributed by atoms with Gasteiger partial charge in [-0.25, -0.2) is 4.39 Å². The van der Waals surface area contributed by atoms with Crippen LogP contribution in [0.1, 0.15) is 17.5 Å². The van der Waals surface area contributed by atoms with E-state index in [1.54, 1.807) is 12.1 Å². The molecule has 0 aromatic heterocycles. The molecule has 90 valence electrons. The lowest BCUT2D eigenvalue weighted by Gasteiger charge is -2.15. The molecule has 1 aromatic rings. The lowest BCUT2D eigenvalue weighted by atomic mass is 10.1. The summed E-state index contributed by atoms with van der Waals surface area (Å²) in [7, 11) is 0. The van der Waals surface area contributed by atoms with Gasteiger partial charge in [-0.15, -0.1) is 0 Å². The Balaban J connectivity index is 2.02. The van der Waals surface area contributed by atoms with E-state index in [4.69, 9.17) is 10.4 Å². The number of aliphatic hydroxyl groups is 1. The summed E-state index contributed by atoms with van der Waals surface area (Å²) in [6.45, 7) is 2.76. The molecular formula is C13H15FN2O. The number of likely N-dealkylation sites (tertiary alicyclic amines) is 1. The molecule has 1 heterocycles. The van der Waals surface area contributed by atoms with Crippen molar-refractivity contribution in [3.8, 4) is 6.07 Å². The normalized spacial score (nSPS) is 20.4. The summed E-state index contributed by atoms with van der Waals surface area (Å²) in [4.78, 5) is 2.22. The van der Waals surface area contributed by atoms with Crippen LogP contribution < -0.4 is 0 Å². The van der Waals surface area contributed by atoms with Crippen molar-refractivity contribution in [3.05, 3.63) is 35.1 Å². The van der Waals surface area contributed by atoms with E-state index >= 15 is 0 Å². The van der Waals surface area contributed by atoms with Crippen molar-refractivity contribution in [3.63, 3.8) is 0 Å². The SMILES string of the molecule is N#Cc1cc(CN2CCC(CO)C2)ccc1F. The predicted molar refractivity (Wildman–Crippen MR) is 61.6 cm³/mol. The van der Waals surface area contributed by atoms with Gasteiger partial charge in [0, 0.05) is 19.7 Å². The molecule has 1 atom stereocenters. The van der Waals surface area contributed by atoms with Crippen LogP contribution in [0.3, 0.4) is 0 Å². The summed E-state index contributed by atoms with van der Waals surface area (Å²) in [6.07, 6.45) is 1.00. The van der Waals surface area contributed by atoms with Crippen molar-refractivity contribution in [2.75, 3.05) is 19.7 Å². The molecule has 1 fully saturated rings. The van der Waals surface area contributed by atoms with Gasteiger partial charge in [-0.1, -0.05) is 6.07 Å². The van der Waals surface area contributed by atoms with E-state index in [9.17, 15) is 4.39 Å². The zero-order valence-electron chi connectivity index (χ0n) is 9.56. The van der Waals surface area contributed by atoms with Crippen LogP contribution in [-0.2, 0) is 6.54 Å². The molecular weight excluding hydrogens is 219 g/mol. The van der Waals surface area contributed by atoms with Crippen molar-refractivity contribution in [1.29, 1.82) is 5.26 Å². The second-order valence-electron chi connectivity index (χ2n) is 4.50. The molecule has 2 rings (SSSR count). The Morgan fingerprint density at radius 1 is 1.53 bits per heavy atom. The molecule has 1 saturated heterocycles. The molecule has 4 heteroatoms. The second kappa shape index (κ2) is 5.26. The van der Waals surface area contributed by atoms with Gasteiger partial charge < -0.3 is 5.11 Å². The summed E-state index contributed by atoms with van der Waals surface area (Å²) in [5.41, 5.74) is 1.04. The average Bonchev–Trinajstić information content (AvgIpc) is 2.79. The fraction of sp³-hybridized carbons (Fsp3) is 0.462. The van der Waals surface area contributed by atoms with E-state index < -0.39 is 5.82 Å². The van der Waals surface area contributed by atoms with Gasteiger partial charge in [0.15, 0.2) is 0 Å². The van der Waals surface area contributed by atoms with Gasteiger partial charge in [0.1, 0.15) is 11.9 Å². The van der Waals surface area contributed by atoms with Crippen molar-refractivity contribution >= 4 is 0 Å². The summed E-state index contributed by atoms with van der Waals surface area (Å²) in [5.74, 6) is -0.114. The van der Waals surface area contributed by atoms with Crippen molar-refractivity contribution in [1.82, 2.24) is 4.90 Å². The van der Waals surface area contributed by atoms with Gasteiger partial charge in [-0.3, -0.25) is 4.90 Å². The molecule has 0 amide bonds. The van der Waals surface area contributed by atoms with Crippen molar-refractivity contribution in [2.45, 2.75) is 13.0 Å². The van der Waals surface area contributed by atoms with E-state index in [1.807, 2.05) is 6.07 Å². The Morgan fingerprint density at radius 2 is 2.35 bits per heavy atom. The van der Waals surface area contributed by atoms with E-state index in [2.05, 4.69) is 4.90 Å². The number of benzene rings is 1. The zero-order chi connectivity index (χ0) is 12.3. The van der Waals surface area contributed by atoms with Crippen LogP contribution in [0.15, 0.2) is 18.2 Å². The number of nitriles is 1. The minimum atomic E-state index is -0.467. The summed E-state index contributed by atoms with van der Waals surface area (Å²) in [6, 6.07) is 6.50. The monoisotopic (exact) mass is 234 g/mol. The molecule has 17 heavy (non-hydrogen) atoms. The van der Waals surface area contributed by atoms with Gasteiger partial charge in [0.2, 0.25) is 0 Å². The van der Waals surface area contributed by atoms with E-state index in [1.165, 1.54) is 6.07 Å². The Hall–Kier alpha value is -1.44. The smallest absolute Gasteiger partial charge is 0.140 e. The highest BCUT2D eigenvalue weighted by Gasteiger charge is 2.21. The molecule has 1 aliphatic heterocycles. The number of hydrogen-bond donors (Lipinski definition) is 1. The van der Waals surface area contributed by atoms with Crippen LogP contribution in [0.5, 0.6) is 0 Å². The third-order valence-electron chi connectivity index (χ3n) is 3.19. The van der Waals surface area contributed by atoms with E-state index in [-0.39, 0.29) is 12.2 Å². The molecule has 1 aromatic carbocycles. The zero-order valence-corrected chi connectivity index (χ0v) is 9.56. The molecule has 1 N–H and O–H groups in total.